The fourth-order valence-electron chi connectivity index (χ4n) is 4.29. The minimum Gasteiger partial charge on any atom is -0.462 e. The zero-order valence-corrected chi connectivity index (χ0v) is 23.2. The van der Waals surface area contributed by atoms with Gasteiger partial charge in [-0.1, -0.05) is 67.2 Å². The molecule has 1 saturated heterocycles. The van der Waals surface area contributed by atoms with Gasteiger partial charge in [0, 0.05) is 31.7 Å². The van der Waals surface area contributed by atoms with Crippen molar-refractivity contribution in [3.63, 3.8) is 0 Å². The molecule has 0 aromatic heterocycles. The molecule has 1 aliphatic heterocycles. The second kappa shape index (κ2) is 14.9. The van der Waals surface area contributed by atoms with Gasteiger partial charge in [0.25, 0.3) is 0 Å². The van der Waals surface area contributed by atoms with E-state index in [9.17, 15) is 9.59 Å². The van der Waals surface area contributed by atoms with Crippen molar-refractivity contribution in [3.05, 3.63) is 72.8 Å². The molecule has 192 valence electrons. The molecule has 1 heterocycles. The summed E-state index contributed by atoms with van der Waals surface area (Å²) in [5, 5.41) is 2.50. The van der Waals surface area contributed by atoms with Crippen LogP contribution in [0.25, 0.3) is 0 Å². The fraction of sp³-hybridized carbons (Fsp3) is 0.429. The monoisotopic (exact) mass is 523 g/mol. The van der Waals surface area contributed by atoms with Crippen molar-refractivity contribution in [3.8, 4) is 0 Å². The molecule has 2 radical (unpaired) electrons. The van der Waals surface area contributed by atoms with Crippen LogP contribution in [0.4, 0.5) is 0 Å². The lowest BCUT2D eigenvalue weighted by atomic mass is 10.4. The maximum absolute atomic E-state index is 11.8. The Hall–Kier alpha value is -2.53. The number of nitrogens with zero attached hydrogens (tertiary/aromatic N) is 1. The van der Waals surface area contributed by atoms with Gasteiger partial charge in [0.15, 0.2) is 0 Å². The molecule has 1 fully saturated rings. The third-order valence-corrected chi connectivity index (χ3v) is 12.3. The van der Waals surface area contributed by atoms with Gasteiger partial charge in [0.1, 0.15) is 0 Å². The maximum atomic E-state index is 11.8. The summed E-state index contributed by atoms with van der Waals surface area (Å²) in [5.74, 6) is -0.104. The van der Waals surface area contributed by atoms with Gasteiger partial charge in [-0.05, 0) is 48.6 Å². The van der Waals surface area contributed by atoms with Crippen LogP contribution in [0.5, 0.6) is 0 Å². The van der Waals surface area contributed by atoms with E-state index in [0.717, 1.165) is 37.9 Å². The molecule has 36 heavy (non-hydrogen) atoms. The van der Waals surface area contributed by atoms with E-state index < -0.39 is 8.32 Å². The van der Waals surface area contributed by atoms with Crippen molar-refractivity contribution in [1.82, 2.24) is 4.90 Å². The summed E-state index contributed by atoms with van der Waals surface area (Å²) in [6, 6.07) is 22.8. The predicted octanol–water partition coefficient (Wildman–Crippen LogP) is 3.34. The highest BCUT2D eigenvalue weighted by molar-refractivity contribution is 6.99. The van der Waals surface area contributed by atoms with Crippen LogP contribution in [-0.2, 0) is 23.2 Å². The van der Waals surface area contributed by atoms with Crippen molar-refractivity contribution < 1.29 is 23.2 Å². The zero-order valence-electron chi connectivity index (χ0n) is 21.2. The number of ether oxygens (including phenoxy) is 2. The average Bonchev–Trinajstić information content (AvgIpc) is 3.32. The molecule has 0 aliphatic carbocycles. The van der Waals surface area contributed by atoms with Gasteiger partial charge in [-0.2, -0.15) is 0 Å². The first kappa shape index (κ1) is 28.1. The average molecular weight is 524 g/mol. The lowest BCUT2D eigenvalue weighted by molar-refractivity contribution is -0.139. The minimum atomic E-state index is -2.50. The Morgan fingerprint density at radius 2 is 1.67 bits per heavy atom. The van der Waals surface area contributed by atoms with Crippen LogP contribution in [0, 0.1) is 0 Å². The summed E-state index contributed by atoms with van der Waals surface area (Å²) in [7, 11) is -2.19. The largest absolute Gasteiger partial charge is 0.462 e. The van der Waals surface area contributed by atoms with Gasteiger partial charge in [0.2, 0.25) is 24.0 Å². The fourth-order valence-corrected chi connectivity index (χ4v) is 10.3. The van der Waals surface area contributed by atoms with E-state index in [1.54, 1.807) is 6.92 Å². The molecule has 0 atom stereocenters. The standard InChI is InChI=1S/C28H37NO5Si2/c1-24(2)28(31)33-20-10-22-35-34-36(25-12-5-3-6-13-25,26-14-7-4-8-15-26)23-11-19-32-21-18-29-17-9-16-27(29)30/h3-8,12-15H,1,9-11,16-23H2,2H3. The van der Waals surface area contributed by atoms with Crippen molar-refractivity contribution in [2.75, 3.05) is 32.9 Å². The number of benzene rings is 2. The second-order valence-electron chi connectivity index (χ2n) is 9.03. The quantitative estimate of drug-likeness (QED) is 0.146. The van der Waals surface area contributed by atoms with Crippen LogP contribution in [0.1, 0.15) is 32.6 Å². The van der Waals surface area contributed by atoms with Crippen molar-refractivity contribution in [2.45, 2.75) is 44.7 Å². The molecule has 0 unspecified atom stereocenters. The van der Waals surface area contributed by atoms with Gasteiger partial charge < -0.3 is 18.5 Å². The molecular formula is C28H37NO5Si2. The molecule has 0 saturated carbocycles. The highest BCUT2D eigenvalue weighted by atomic mass is 28.4. The first-order valence-electron chi connectivity index (χ1n) is 12.7. The summed E-state index contributed by atoms with van der Waals surface area (Å²) >= 11 is 0. The van der Waals surface area contributed by atoms with Gasteiger partial charge in [-0.3, -0.25) is 4.79 Å². The van der Waals surface area contributed by atoms with E-state index in [0.29, 0.717) is 48.1 Å². The molecule has 3 rings (SSSR count). The Balaban J connectivity index is 1.60. The maximum Gasteiger partial charge on any atom is 0.333 e. The van der Waals surface area contributed by atoms with Crippen molar-refractivity contribution in [2.24, 2.45) is 0 Å². The second-order valence-corrected chi connectivity index (χ2v) is 13.9. The van der Waals surface area contributed by atoms with E-state index in [1.807, 2.05) is 17.0 Å². The molecule has 0 N–H and O–H groups in total. The van der Waals surface area contributed by atoms with Crippen LogP contribution < -0.4 is 10.4 Å². The zero-order chi connectivity index (χ0) is 25.6. The van der Waals surface area contributed by atoms with Crippen molar-refractivity contribution in [1.29, 1.82) is 0 Å². The normalized spacial score (nSPS) is 13.7. The number of likely N-dealkylation sites (tertiary alicyclic amines) is 1. The number of carbonyl (C=O) groups excluding carboxylic acids is 2. The Bertz CT molecular complexity index is 931. The minimum absolute atomic E-state index is 0.238. The van der Waals surface area contributed by atoms with Crippen LogP contribution in [-0.4, -0.2) is 67.8 Å². The Morgan fingerprint density at radius 1 is 1.00 bits per heavy atom. The van der Waals surface area contributed by atoms with E-state index in [2.05, 4.69) is 55.1 Å². The number of carbonyl (C=O) groups is 2. The predicted molar refractivity (Wildman–Crippen MR) is 146 cm³/mol. The van der Waals surface area contributed by atoms with Crippen LogP contribution in [0.15, 0.2) is 72.8 Å². The van der Waals surface area contributed by atoms with E-state index in [4.69, 9.17) is 13.6 Å². The highest BCUT2D eigenvalue weighted by Crippen LogP contribution is 2.17. The Labute approximate surface area is 218 Å². The molecule has 0 bridgehead atoms. The first-order chi connectivity index (χ1) is 17.5. The lowest BCUT2D eigenvalue weighted by Crippen LogP contribution is -2.61. The number of esters is 1. The van der Waals surface area contributed by atoms with Crippen LogP contribution in [0.2, 0.25) is 12.1 Å². The number of amides is 1. The Kier molecular flexibility index (Phi) is 11.6. The summed E-state index contributed by atoms with van der Waals surface area (Å²) < 4.78 is 18.0. The molecule has 2 aromatic carbocycles. The molecule has 1 amide bonds. The lowest BCUT2D eigenvalue weighted by Gasteiger charge is -2.33. The summed E-state index contributed by atoms with van der Waals surface area (Å²) in [5.41, 5.74) is 0.419. The van der Waals surface area contributed by atoms with Crippen LogP contribution >= 0.6 is 0 Å². The van der Waals surface area contributed by atoms with E-state index >= 15 is 0 Å². The van der Waals surface area contributed by atoms with Gasteiger partial charge in [0.05, 0.1) is 13.2 Å². The third-order valence-electron chi connectivity index (χ3n) is 6.23. The van der Waals surface area contributed by atoms with Gasteiger partial charge in [-0.15, -0.1) is 0 Å². The Morgan fingerprint density at radius 3 is 2.25 bits per heavy atom. The van der Waals surface area contributed by atoms with Gasteiger partial charge >= 0.3 is 5.97 Å². The van der Waals surface area contributed by atoms with E-state index in [1.165, 1.54) is 10.4 Å². The summed E-state index contributed by atoms with van der Waals surface area (Å²) in [4.78, 5) is 25.3. The topological polar surface area (TPSA) is 65.1 Å². The molecule has 8 heteroatoms. The molecular weight excluding hydrogens is 486 g/mol. The molecule has 6 nitrogen and oxygen atoms in total. The smallest absolute Gasteiger partial charge is 0.333 e. The van der Waals surface area contributed by atoms with Crippen LogP contribution in [0.3, 0.4) is 0 Å². The van der Waals surface area contributed by atoms with Crippen molar-refractivity contribution >= 4 is 40.3 Å². The van der Waals surface area contributed by atoms with E-state index in [-0.39, 0.29) is 11.9 Å². The number of hydrogen-bond acceptors (Lipinski definition) is 5. The number of hydrogen-bond donors (Lipinski definition) is 0. The first-order valence-corrected chi connectivity index (χ1v) is 16.0. The SMILES string of the molecule is C=C(C)C(=O)OCCC[Si]O[Si](CCCOCCN1CCCC1=O)(c1ccccc1)c1ccccc1. The number of rotatable bonds is 16. The van der Waals surface area contributed by atoms with Gasteiger partial charge in [-0.25, -0.2) is 4.79 Å². The highest BCUT2D eigenvalue weighted by Gasteiger charge is 2.38. The molecule has 0 spiro atoms. The third kappa shape index (κ3) is 8.26. The summed E-state index contributed by atoms with van der Waals surface area (Å²) in [6.45, 7) is 8.38. The molecule has 1 aliphatic rings. The summed E-state index contributed by atoms with van der Waals surface area (Å²) in [6.07, 6.45) is 3.25. The molecule has 2 aromatic rings.